The largest absolute Gasteiger partial charge is 0.322 e. The van der Waals surface area contributed by atoms with Gasteiger partial charge in [0.1, 0.15) is 0 Å². The Kier molecular flexibility index (Phi) is 5.72. The van der Waals surface area contributed by atoms with Gasteiger partial charge in [0.15, 0.2) is 0 Å². The lowest BCUT2D eigenvalue weighted by molar-refractivity contribution is 0.175. The number of benzene rings is 2. The van der Waals surface area contributed by atoms with Crippen molar-refractivity contribution in [1.29, 1.82) is 0 Å². The van der Waals surface area contributed by atoms with Gasteiger partial charge in [0.25, 0.3) is 0 Å². The lowest BCUT2D eigenvalue weighted by Crippen LogP contribution is -2.39. The second kappa shape index (κ2) is 8.57. The number of nitrogens with one attached hydrogen (secondary N) is 1. The molecule has 0 bridgehead atoms. The number of halogens is 1. The number of pyridine rings is 1. The standard InChI is InChI=1S/C23H22BrN3O/c24-19-8-10-20(11-9-19)26-23(28)27(16-17-12-14-25-15-13-17)22-7-3-5-18-4-1-2-6-21(18)22/h1-2,4,6,8-15,22H,3,5,7,16H2,(H,26,28). The Balaban J connectivity index is 1.64. The first-order chi connectivity index (χ1) is 13.7. The Morgan fingerprint density at radius 3 is 2.61 bits per heavy atom. The van der Waals surface area contributed by atoms with Gasteiger partial charge < -0.3 is 10.2 Å². The maximum absolute atomic E-state index is 13.3. The van der Waals surface area contributed by atoms with Gasteiger partial charge in [-0.3, -0.25) is 4.98 Å². The van der Waals surface area contributed by atoms with E-state index in [-0.39, 0.29) is 12.1 Å². The summed E-state index contributed by atoms with van der Waals surface area (Å²) in [4.78, 5) is 19.4. The number of nitrogens with zero attached hydrogens (tertiary/aromatic N) is 2. The molecule has 0 aliphatic heterocycles. The highest BCUT2D eigenvalue weighted by molar-refractivity contribution is 9.10. The predicted molar refractivity (Wildman–Crippen MR) is 115 cm³/mol. The minimum atomic E-state index is -0.0826. The van der Waals surface area contributed by atoms with Gasteiger partial charge in [0.05, 0.1) is 6.04 Å². The van der Waals surface area contributed by atoms with E-state index in [1.807, 2.05) is 41.3 Å². The molecule has 2 aromatic carbocycles. The molecule has 1 N–H and O–H groups in total. The van der Waals surface area contributed by atoms with Crippen LogP contribution in [0.3, 0.4) is 0 Å². The van der Waals surface area contributed by atoms with E-state index in [4.69, 9.17) is 0 Å². The SMILES string of the molecule is O=C(Nc1ccc(Br)cc1)N(Cc1ccncc1)C1CCCc2ccccc21. The van der Waals surface area contributed by atoms with Crippen molar-refractivity contribution < 1.29 is 4.79 Å². The molecule has 4 rings (SSSR count). The molecule has 1 atom stereocenters. The van der Waals surface area contributed by atoms with Crippen LogP contribution >= 0.6 is 15.9 Å². The highest BCUT2D eigenvalue weighted by Crippen LogP contribution is 2.35. The van der Waals surface area contributed by atoms with Crippen LogP contribution in [0, 0.1) is 0 Å². The molecule has 0 saturated heterocycles. The van der Waals surface area contributed by atoms with Crippen molar-refractivity contribution in [3.8, 4) is 0 Å². The number of fused-ring (bicyclic) bond motifs is 1. The first-order valence-corrected chi connectivity index (χ1v) is 10.3. The number of carbonyl (C=O) groups excluding carboxylic acids is 1. The van der Waals surface area contributed by atoms with Gasteiger partial charge in [-0.1, -0.05) is 40.2 Å². The number of hydrogen-bond donors (Lipinski definition) is 1. The Hall–Kier alpha value is -2.66. The van der Waals surface area contributed by atoms with Crippen LogP contribution in [-0.4, -0.2) is 15.9 Å². The number of carbonyl (C=O) groups is 1. The Morgan fingerprint density at radius 2 is 1.82 bits per heavy atom. The van der Waals surface area contributed by atoms with Crippen LogP contribution in [0.4, 0.5) is 10.5 Å². The number of aryl methyl sites for hydroxylation is 1. The molecule has 1 unspecified atom stereocenters. The second-order valence-corrected chi connectivity index (χ2v) is 7.94. The molecule has 1 aliphatic carbocycles. The summed E-state index contributed by atoms with van der Waals surface area (Å²) in [5, 5.41) is 3.07. The van der Waals surface area contributed by atoms with E-state index < -0.39 is 0 Å². The maximum Gasteiger partial charge on any atom is 0.322 e. The smallest absolute Gasteiger partial charge is 0.313 e. The third-order valence-electron chi connectivity index (χ3n) is 5.17. The van der Waals surface area contributed by atoms with Gasteiger partial charge in [-0.15, -0.1) is 0 Å². The second-order valence-electron chi connectivity index (χ2n) is 7.03. The predicted octanol–water partition coefficient (Wildman–Crippen LogP) is 5.96. The highest BCUT2D eigenvalue weighted by Gasteiger charge is 2.29. The van der Waals surface area contributed by atoms with Crippen LogP contribution < -0.4 is 5.32 Å². The molecule has 0 spiro atoms. The van der Waals surface area contributed by atoms with Crippen LogP contribution in [0.2, 0.25) is 0 Å². The fourth-order valence-electron chi connectivity index (χ4n) is 3.79. The zero-order valence-corrected chi connectivity index (χ0v) is 17.1. The number of hydrogen-bond acceptors (Lipinski definition) is 2. The third kappa shape index (κ3) is 4.25. The minimum absolute atomic E-state index is 0.0635. The summed E-state index contributed by atoms with van der Waals surface area (Å²) < 4.78 is 0.986. The number of urea groups is 1. The van der Waals surface area contributed by atoms with Crippen LogP contribution in [0.15, 0.2) is 77.5 Å². The molecule has 1 aromatic heterocycles. The van der Waals surface area contributed by atoms with Gasteiger partial charge in [-0.05, 0) is 72.4 Å². The summed E-state index contributed by atoms with van der Waals surface area (Å²) in [6, 6.07) is 20.1. The van der Waals surface area contributed by atoms with Crippen molar-refractivity contribution in [2.75, 3.05) is 5.32 Å². The molecule has 142 valence electrons. The molecule has 28 heavy (non-hydrogen) atoms. The van der Waals surface area contributed by atoms with Crippen LogP contribution in [-0.2, 0) is 13.0 Å². The molecular formula is C23H22BrN3O. The monoisotopic (exact) mass is 435 g/mol. The van der Waals surface area contributed by atoms with Crippen LogP contribution in [0.1, 0.15) is 35.6 Å². The van der Waals surface area contributed by atoms with E-state index in [9.17, 15) is 4.79 Å². The lowest BCUT2D eigenvalue weighted by atomic mass is 9.86. The zero-order chi connectivity index (χ0) is 19.3. The summed E-state index contributed by atoms with van der Waals surface area (Å²) >= 11 is 3.44. The fourth-order valence-corrected chi connectivity index (χ4v) is 4.05. The molecule has 3 aromatic rings. The quantitative estimate of drug-likeness (QED) is 0.549. The van der Waals surface area contributed by atoms with Gasteiger partial charge in [-0.25, -0.2) is 4.79 Å². The lowest BCUT2D eigenvalue weighted by Gasteiger charge is -2.36. The molecule has 2 amide bonds. The van der Waals surface area contributed by atoms with Gasteiger partial charge in [0.2, 0.25) is 0 Å². The summed E-state index contributed by atoms with van der Waals surface area (Å²) in [6.07, 6.45) is 6.67. The Bertz CT molecular complexity index is 944. The average Bonchev–Trinajstić information content (AvgIpc) is 2.74. The minimum Gasteiger partial charge on any atom is -0.313 e. The van der Waals surface area contributed by atoms with Crippen molar-refractivity contribution in [3.63, 3.8) is 0 Å². The first kappa shape index (κ1) is 18.7. The average molecular weight is 436 g/mol. The fraction of sp³-hybridized carbons (Fsp3) is 0.217. The van der Waals surface area contributed by atoms with E-state index in [0.717, 1.165) is 35.0 Å². The third-order valence-corrected chi connectivity index (χ3v) is 5.70. The molecule has 0 saturated carbocycles. The first-order valence-electron chi connectivity index (χ1n) is 9.50. The topological polar surface area (TPSA) is 45.2 Å². The molecule has 4 nitrogen and oxygen atoms in total. The van der Waals surface area contributed by atoms with E-state index >= 15 is 0 Å². The van der Waals surface area contributed by atoms with E-state index in [1.165, 1.54) is 11.1 Å². The van der Waals surface area contributed by atoms with Gasteiger partial charge in [0, 0.05) is 29.1 Å². The van der Waals surface area contributed by atoms with Crippen molar-refractivity contribution in [3.05, 3.63) is 94.2 Å². The molecule has 0 fully saturated rings. The Morgan fingerprint density at radius 1 is 1.07 bits per heavy atom. The number of amides is 2. The summed E-state index contributed by atoms with van der Waals surface area (Å²) in [5.74, 6) is 0. The number of anilines is 1. The van der Waals surface area contributed by atoms with Crippen molar-refractivity contribution in [2.24, 2.45) is 0 Å². The Labute approximate surface area is 173 Å². The van der Waals surface area contributed by atoms with Crippen molar-refractivity contribution in [1.82, 2.24) is 9.88 Å². The normalized spacial score (nSPS) is 15.5. The van der Waals surface area contributed by atoms with E-state index in [1.54, 1.807) is 12.4 Å². The molecule has 1 heterocycles. The van der Waals surface area contributed by atoms with Crippen molar-refractivity contribution in [2.45, 2.75) is 31.8 Å². The van der Waals surface area contributed by atoms with Gasteiger partial charge in [-0.2, -0.15) is 0 Å². The summed E-state index contributed by atoms with van der Waals surface area (Å²) in [7, 11) is 0. The highest BCUT2D eigenvalue weighted by atomic mass is 79.9. The van der Waals surface area contributed by atoms with Gasteiger partial charge >= 0.3 is 6.03 Å². The summed E-state index contributed by atoms with van der Waals surface area (Å²) in [6.45, 7) is 0.546. The van der Waals surface area contributed by atoms with Crippen LogP contribution in [0.25, 0.3) is 0 Å². The maximum atomic E-state index is 13.3. The molecule has 5 heteroatoms. The van der Waals surface area contributed by atoms with E-state index in [0.29, 0.717) is 6.54 Å². The molecule has 1 aliphatic rings. The summed E-state index contributed by atoms with van der Waals surface area (Å²) in [5.41, 5.74) is 4.46. The molecular weight excluding hydrogens is 414 g/mol. The van der Waals surface area contributed by atoms with Crippen LogP contribution in [0.5, 0.6) is 0 Å². The number of aromatic nitrogens is 1. The van der Waals surface area contributed by atoms with Crippen molar-refractivity contribution >= 4 is 27.6 Å². The number of rotatable bonds is 4. The molecule has 0 radical (unpaired) electrons. The zero-order valence-electron chi connectivity index (χ0n) is 15.5. The van der Waals surface area contributed by atoms with E-state index in [2.05, 4.69) is 50.5 Å².